The smallest absolute Gasteiger partial charge is 0.326 e. The molecule has 0 radical (unpaired) electrons. The third-order valence-corrected chi connectivity index (χ3v) is 2.71. The Hall–Kier alpha value is -0.610. The van der Waals surface area contributed by atoms with Crippen molar-refractivity contribution in [3.8, 4) is 0 Å². The van der Waals surface area contributed by atoms with Crippen LogP contribution in [0.25, 0.3) is 0 Å². The zero-order chi connectivity index (χ0) is 8.60. The molecule has 2 heterocycles. The van der Waals surface area contributed by atoms with E-state index in [-0.39, 0.29) is 6.04 Å². The molecule has 4 heteroatoms. The number of ether oxygens (including phenoxy) is 1. The molecule has 0 saturated carbocycles. The molecule has 0 spiro atoms. The lowest BCUT2D eigenvalue weighted by molar-refractivity contribution is -0.154. The lowest BCUT2D eigenvalue weighted by atomic mass is 9.85. The third-order valence-electron chi connectivity index (χ3n) is 2.71. The van der Waals surface area contributed by atoms with Crippen molar-refractivity contribution in [1.82, 2.24) is 5.32 Å². The molecule has 0 aromatic rings. The van der Waals surface area contributed by atoms with Gasteiger partial charge in [-0.25, -0.2) is 0 Å². The highest BCUT2D eigenvalue weighted by Crippen LogP contribution is 2.26. The summed E-state index contributed by atoms with van der Waals surface area (Å²) in [5.41, 5.74) is -0.777. The fraction of sp³-hybridized carbons (Fsp3) is 0.875. The first-order valence-corrected chi connectivity index (χ1v) is 4.32. The number of morpholine rings is 1. The van der Waals surface area contributed by atoms with Gasteiger partial charge in [0.05, 0.1) is 13.2 Å². The Morgan fingerprint density at radius 1 is 1.67 bits per heavy atom. The summed E-state index contributed by atoms with van der Waals surface area (Å²) >= 11 is 0. The minimum atomic E-state index is -0.777. The molecule has 2 bridgehead atoms. The van der Waals surface area contributed by atoms with E-state index in [1.165, 1.54) is 0 Å². The number of fused-ring (bicyclic) bond motifs is 2. The molecule has 2 N–H and O–H groups in total. The SMILES string of the molecule is O=C(O)C12CCCC(COC1)N2. The predicted molar refractivity (Wildman–Crippen MR) is 42.0 cm³/mol. The maximum Gasteiger partial charge on any atom is 0.326 e. The van der Waals surface area contributed by atoms with Crippen molar-refractivity contribution in [1.29, 1.82) is 0 Å². The molecular formula is C8H13NO3. The van der Waals surface area contributed by atoms with Gasteiger partial charge in [-0.2, -0.15) is 0 Å². The Balaban J connectivity index is 2.17. The van der Waals surface area contributed by atoms with Gasteiger partial charge in [-0.1, -0.05) is 0 Å². The average Bonchev–Trinajstić information content (AvgIpc) is 2.04. The van der Waals surface area contributed by atoms with Crippen LogP contribution in [-0.4, -0.2) is 35.9 Å². The van der Waals surface area contributed by atoms with Gasteiger partial charge in [0, 0.05) is 6.04 Å². The van der Waals surface area contributed by atoms with Gasteiger partial charge >= 0.3 is 5.97 Å². The Kier molecular flexibility index (Phi) is 1.81. The molecular weight excluding hydrogens is 158 g/mol. The maximum atomic E-state index is 10.9. The van der Waals surface area contributed by atoms with E-state index in [0.29, 0.717) is 19.6 Å². The number of hydrogen-bond acceptors (Lipinski definition) is 3. The first kappa shape index (κ1) is 8.01. The van der Waals surface area contributed by atoms with Crippen LogP contribution < -0.4 is 5.32 Å². The fourth-order valence-corrected chi connectivity index (χ4v) is 2.03. The van der Waals surface area contributed by atoms with Crippen LogP contribution in [-0.2, 0) is 9.53 Å². The summed E-state index contributed by atoms with van der Waals surface area (Å²) < 4.78 is 5.26. The molecule has 2 saturated heterocycles. The van der Waals surface area contributed by atoms with E-state index in [4.69, 9.17) is 9.84 Å². The van der Waals surface area contributed by atoms with E-state index in [2.05, 4.69) is 5.32 Å². The van der Waals surface area contributed by atoms with Crippen LogP contribution in [0.5, 0.6) is 0 Å². The molecule has 0 aromatic heterocycles. The summed E-state index contributed by atoms with van der Waals surface area (Å²) in [5.74, 6) is -0.771. The highest BCUT2D eigenvalue weighted by Gasteiger charge is 2.45. The number of nitrogens with one attached hydrogen (secondary N) is 1. The van der Waals surface area contributed by atoms with Crippen LogP contribution in [0.1, 0.15) is 19.3 Å². The van der Waals surface area contributed by atoms with Gasteiger partial charge in [0.15, 0.2) is 0 Å². The van der Waals surface area contributed by atoms with Crippen LogP contribution >= 0.6 is 0 Å². The minimum Gasteiger partial charge on any atom is -0.480 e. The van der Waals surface area contributed by atoms with Gasteiger partial charge in [0.1, 0.15) is 5.54 Å². The molecule has 2 atom stereocenters. The van der Waals surface area contributed by atoms with Crippen molar-refractivity contribution in [3.63, 3.8) is 0 Å². The van der Waals surface area contributed by atoms with Crippen LogP contribution in [0.2, 0.25) is 0 Å². The second kappa shape index (κ2) is 2.71. The first-order valence-electron chi connectivity index (χ1n) is 4.32. The summed E-state index contributed by atoms with van der Waals surface area (Å²) in [4.78, 5) is 10.9. The summed E-state index contributed by atoms with van der Waals surface area (Å²) in [6.07, 6.45) is 2.72. The number of piperidine rings is 1. The summed E-state index contributed by atoms with van der Waals surface area (Å²) in [6.45, 7) is 0.980. The van der Waals surface area contributed by atoms with Gasteiger partial charge < -0.3 is 9.84 Å². The Morgan fingerprint density at radius 2 is 2.50 bits per heavy atom. The second-order valence-electron chi connectivity index (χ2n) is 3.64. The highest BCUT2D eigenvalue weighted by atomic mass is 16.5. The Labute approximate surface area is 70.9 Å². The van der Waals surface area contributed by atoms with Crippen LogP contribution in [0.15, 0.2) is 0 Å². The van der Waals surface area contributed by atoms with Crippen molar-refractivity contribution in [2.75, 3.05) is 13.2 Å². The van der Waals surface area contributed by atoms with Crippen molar-refractivity contribution < 1.29 is 14.6 Å². The van der Waals surface area contributed by atoms with Crippen molar-refractivity contribution in [2.24, 2.45) is 0 Å². The number of carboxylic acid groups (broad SMARTS) is 1. The summed E-state index contributed by atoms with van der Waals surface area (Å²) in [7, 11) is 0. The van der Waals surface area contributed by atoms with E-state index >= 15 is 0 Å². The number of hydrogen-bond donors (Lipinski definition) is 2. The largest absolute Gasteiger partial charge is 0.480 e. The summed E-state index contributed by atoms with van der Waals surface area (Å²) in [6, 6.07) is 0.253. The maximum absolute atomic E-state index is 10.9. The molecule has 0 aromatic carbocycles. The van der Waals surface area contributed by atoms with Gasteiger partial charge in [-0.05, 0) is 19.3 Å². The standard InChI is InChI=1S/C8H13NO3/c10-7(11)8-3-1-2-6(9-8)4-12-5-8/h6,9H,1-5H2,(H,10,11). The van der Waals surface area contributed by atoms with Crippen molar-refractivity contribution in [3.05, 3.63) is 0 Å². The number of carbonyl (C=O) groups is 1. The highest BCUT2D eigenvalue weighted by molar-refractivity contribution is 5.79. The molecule has 12 heavy (non-hydrogen) atoms. The molecule has 4 nitrogen and oxygen atoms in total. The van der Waals surface area contributed by atoms with Gasteiger partial charge in [-0.15, -0.1) is 0 Å². The van der Waals surface area contributed by atoms with Gasteiger partial charge in [0.2, 0.25) is 0 Å². The Morgan fingerprint density at radius 3 is 3.17 bits per heavy atom. The van der Waals surface area contributed by atoms with E-state index in [9.17, 15) is 4.79 Å². The molecule has 2 aliphatic rings. The third kappa shape index (κ3) is 1.11. The number of aliphatic carboxylic acids is 1. The van der Waals surface area contributed by atoms with E-state index in [1.54, 1.807) is 0 Å². The van der Waals surface area contributed by atoms with Crippen LogP contribution in [0, 0.1) is 0 Å². The predicted octanol–water partition coefficient (Wildman–Crippen LogP) is -0.0179. The molecule has 2 aliphatic heterocycles. The molecule has 0 amide bonds. The molecule has 2 fully saturated rings. The Bertz CT molecular complexity index is 194. The fourth-order valence-electron chi connectivity index (χ4n) is 2.03. The quantitative estimate of drug-likeness (QED) is 0.582. The second-order valence-corrected chi connectivity index (χ2v) is 3.64. The molecule has 2 rings (SSSR count). The van der Waals surface area contributed by atoms with Crippen molar-refractivity contribution in [2.45, 2.75) is 30.8 Å². The zero-order valence-electron chi connectivity index (χ0n) is 6.88. The number of carboxylic acids is 1. The molecule has 0 aliphatic carbocycles. The minimum absolute atomic E-state index is 0.253. The van der Waals surface area contributed by atoms with E-state index in [0.717, 1.165) is 12.8 Å². The van der Waals surface area contributed by atoms with E-state index < -0.39 is 11.5 Å². The topological polar surface area (TPSA) is 58.6 Å². The monoisotopic (exact) mass is 171 g/mol. The molecule has 2 unspecified atom stereocenters. The first-order chi connectivity index (χ1) is 5.73. The van der Waals surface area contributed by atoms with Gasteiger partial charge in [-0.3, -0.25) is 10.1 Å². The van der Waals surface area contributed by atoms with E-state index in [1.807, 2.05) is 0 Å². The van der Waals surface area contributed by atoms with Crippen molar-refractivity contribution >= 4 is 5.97 Å². The van der Waals surface area contributed by atoms with Gasteiger partial charge in [0.25, 0.3) is 0 Å². The zero-order valence-corrected chi connectivity index (χ0v) is 6.88. The average molecular weight is 171 g/mol. The lowest BCUT2D eigenvalue weighted by Crippen LogP contribution is -2.65. The normalized spacial score (nSPS) is 40.8. The molecule has 68 valence electrons. The lowest BCUT2D eigenvalue weighted by Gasteiger charge is -2.43. The summed E-state index contributed by atoms with van der Waals surface area (Å²) in [5, 5.41) is 12.1. The number of rotatable bonds is 1. The van der Waals surface area contributed by atoms with Crippen LogP contribution in [0.3, 0.4) is 0 Å². The van der Waals surface area contributed by atoms with Crippen LogP contribution in [0.4, 0.5) is 0 Å².